The molecule has 20 aromatic carbocycles. The first-order valence-corrected chi connectivity index (χ1v) is 51.4. The van der Waals surface area contributed by atoms with Crippen LogP contribution in [-0.4, -0.2) is 5.78 Å². The number of ketones is 1. The summed E-state index contributed by atoms with van der Waals surface area (Å²) in [6.45, 7) is 37.8. The van der Waals surface area contributed by atoms with Crippen LogP contribution in [-0.2, 0) is 6.42 Å². The summed E-state index contributed by atoms with van der Waals surface area (Å²) in [7, 11) is 0. The first-order valence-electron chi connectivity index (χ1n) is 50.6. The molecule has 0 bridgehead atoms. The second kappa shape index (κ2) is 57.1. The fraction of sp³-hybridized carbons (Fsp3) is 0.132. The maximum atomic E-state index is 12.8. The molecule has 20 rings (SSSR count). The molecule has 0 spiro atoms. The van der Waals surface area contributed by atoms with Crippen LogP contribution in [0.2, 0.25) is 0 Å². The Bertz CT molecular complexity index is 6770. The fourth-order valence-electron chi connectivity index (χ4n) is 15.1. The van der Waals surface area contributed by atoms with Gasteiger partial charge in [-0.15, -0.1) is 0 Å². The fourth-order valence-corrected chi connectivity index (χ4v) is 15.9. The maximum Gasteiger partial charge on any atom is 0.193 e. The van der Waals surface area contributed by atoms with Gasteiger partial charge in [0.05, 0.1) is 0 Å². The predicted molar refractivity (Wildman–Crippen MR) is 634 cm³/mol. The van der Waals surface area contributed by atoms with E-state index in [-0.39, 0.29) is 5.78 Å². The summed E-state index contributed by atoms with van der Waals surface area (Å²) in [5, 5.41) is 0. The number of carbonyl (C=O) groups is 1. The minimum absolute atomic E-state index is 0.0471. The lowest BCUT2D eigenvalue weighted by Gasteiger charge is -2.07. The molecule has 0 atom stereocenters. The van der Waals surface area contributed by atoms with Crippen LogP contribution in [0.4, 0.5) is 0 Å². The van der Waals surface area contributed by atoms with Gasteiger partial charge in [-0.2, -0.15) is 0 Å². The van der Waals surface area contributed by atoms with Gasteiger partial charge in [0.15, 0.2) is 5.78 Å². The van der Waals surface area contributed by atoms with E-state index in [0.717, 1.165) is 51.3 Å². The van der Waals surface area contributed by atoms with E-state index < -0.39 is 0 Å². The van der Waals surface area contributed by atoms with Crippen molar-refractivity contribution in [3.63, 3.8) is 0 Å². The van der Waals surface area contributed by atoms with Gasteiger partial charge >= 0.3 is 0 Å². The number of carbonyl (C=O) groups excluding carboxylic acids is 1. The molecular weight excluding hydrogens is 1790 g/mol. The maximum absolute atomic E-state index is 12.8. The third-order valence-corrected chi connectivity index (χ3v) is 25.7. The second-order valence-electron chi connectivity index (χ2n) is 38.2. The Morgan fingerprint density at radius 3 is 0.537 bits per heavy atom. The van der Waals surface area contributed by atoms with E-state index in [1.54, 1.807) is 11.8 Å². The van der Waals surface area contributed by atoms with E-state index in [1.165, 1.54) is 166 Å². The molecule has 0 saturated carbocycles. The molecule has 732 valence electrons. The molecule has 0 saturated heterocycles. The summed E-state index contributed by atoms with van der Waals surface area (Å²) in [4.78, 5) is 15.4. The Morgan fingerprint density at radius 1 is 0.184 bits per heavy atom. The van der Waals surface area contributed by atoms with Crippen LogP contribution < -0.4 is 4.74 Å². The van der Waals surface area contributed by atoms with E-state index in [0.29, 0.717) is 11.1 Å². The summed E-state index contributed by atoms with van der Waals surface area (Å²) in [6.07, 6.45) is 5.31. The number of aryl methyl sites for hydroxylation is 18. The van der Waals surface area contributed by atoms with Gasteiger partial charge in [-0.1, -0.05) is 548 Å². The van der Waals surface area contributed by atoms with Crippen LogP contribution in [0.25, 0.3) is 67.8 Å². The van der Waals surface area contributed by atoms with Crippen LogP contribution >= 0.6 is 11.8 Å². The minimum atomic E-state index is 0.0471. The number of hydrogen-bond acceptors (Lipinski definition) is 3. The Labute approximate surface area is 882 Å². The van der Waals surface area contributed by atoms with E-state index in [9.17, 15) is 4.79 Å². The molecule has 0 aliphatic carbocycles. The Kier molecular flexibility index (Phi) is 42.5. The molecule has 0 radical (unpaired) electrons. The second-order valence-corrected chi connectivity index (χ2v) is 39.3. The van der Waals surface area contributed by atoms with Crippen LogP contribution in [0.3, 0.4) is 0 Å². The molecular formula is C144H138O2S. The summed E-state index contributed by atoms with van der Waals surface area (Å²) in [5.41, 5.74) is 44.2. The monoisotopic (exact) mass is 1930 g/mol. The van der Waals surface area contributed by atoms with E-state index in [4.69, 9.17) is 4.74 Å². The summed E-state index contributed by atoms with van der Waals surface area (Å²) >= 11 is 1.80. The standard InChI is InChI=1S/C27H22O.C20H18.C16H16.C16H14.C15H16.C14H14O.C14H14S.C14H14.C8H10/c1-19-3-7-21(8-4-19)23-11-15-25(16-12-23)27(28)26-17-13-24(14-18-26)22-9-5-20(2)6-10-22;1-15-3-7-17(8-4-15)19-11-13-20(14-12-19)18-9-5-16(2)6-10-18;2*1-13-3-7-15(8-4-13)11-12-16-9-5-14(2)6-10-16;1-12-3-7-14(8-4-12)11-15-9-5-13(2)6-10-15;2*1-11-3-7-13(8-4-11)15-14-9-5-12(2)6-10-14;1-11-3-7-13(8-4-11)14-9-5-12(2)6-10-14;1-7-3-5-8(2)6-4-7/h3-18H,1-2H3;3-14H,1-2H3;3-12H,1-2H3;3-10H,1-2H3;3-10H,11H2,1-2H3;2*3-10H,1-2H3;3-10H,1-2H3;3-6H,1-2H3/b;;12-11+;;;;;;. The lowest BCUT2D eigenvalue weighted by Crippen LogP contribution is -2.00. The zero-order chi connectivity index (χ0) is 104. The largest absolute Gasteiger partial charge is 0.457 e. The molecule has 147 heavy (non-hydrogen) atoms. The normalized spacial score (nSPS) is 10.2. The molecule has 0 aromatic heterocycles. The highest BCUT2D eigenvalue weighted by molar-refractivity contribution is 7.99. The number of rotatable bonds is 15. The van der Waals surface area contributed by atoms with Crippen LogP contribution in [0.1, 0.15) is 149 Å². The SMILES string of the molecule is Cc1ccc(-c2ccc(-c3ccc(C)cc3)cc2)cc1.Cc1ccc(-c2ccc(C(=O)c3ccc(-c4ccc(C)cc4)cc3)cc2)cc1.Cc1ccc(-c2ccc(C)cc2)cc1.Cc1ccc(/C=C/c2ccc(C)cc2)cc1.Cc1ccc(C#Cc2ccc(C)cc2)cc1.Cc1ccc(C)cc1.Cc1ccc(Cc2ccc(C)cc2)cc1.Cc1ccc(Oc2ccc(C)cc2)cc1.Cc1ccc(Sc2ccc(C)cc2)cc1. The van der Waals surface area contributed by atoms with Gasteiger partial charge in [0.1, 0.15) is 11.5 Å². The molecule has 0 amide bonds. The average molecular weight is 1930 g/mol. The predicted octanol–water partition coefficient (Wildman–Crippen LogP) is 39.4. The summed E-state index contributed by atoms with van der Waals surface area (Å²) in [5.74, 6) is 8.12. The van der Waals surface area contributed by atoms with Crippen molar-refractivity contribution >= 4 is 29.7 Å². The Hall–Kier alpha value is -16.5. The molecule has 3 heteroatoms. The van der Waals surface area contributed by atoms with Crippen LogP contribution in [0, 0.1) is 136 Å². The van der Waals surface area contributed by atoms with Crippen molar-refractivity contribution in [3.8, 4) is 79.0 Å². The molecule has 0 aliphatic heterocycles. The molecule has 0 aliphatic rings. The summed E-state index contributed by atoms with van der Waals surface area (Å²) < 4.78 is 5.69. The number of benzene rings is 20. The molecule has 20 aromatic rings. The van der Waals surface area contributed by atoms with E-state index in [1.807, 2.05) is 97.1 Å². The van der Waals surface area contributed by atoms with Gasteiger partial charge in [-0.25, -0.2) is 0 Å². The van der Waals surface area contributed by atoms with Gasteiger partial charge in [0, 0.05) is 32.0 Å². The Morgan fingerprint density at radius 2 is 0.333 bits per heavy atom. The smallest absolute Gasteiger partial charge is 0.193 e. The highest BCUT2D eigenvalue weighted by atomic mass is 32.2. The molecule has 0 heterocycles. The third kappa shape index (κ3) is 38.6. The summed E-state index contributed by atoms with van der Waals surface area (Å²) in [6, 6.07) is 169. The quantitative estimate of drug-likeness (QED) is 0.0581. The Balaban J connectivity index is 0.000000149. The zero-order valence-corrected chi connectivity index (χ0v) is 89.6. The molecule has 0 N–H and O–H groups in total. The average Bonchev–Trinajstić information content (AvgIpc) is 0.814. The first-order chi connectivity index (χ1) is 71.0. The highest BCUT2D eigenvalue weighted by Gasteiger charge is 2.12. The number of hydrogen-bond donors (Lipinski definition) is 0. The first kappa shape index (κ1) is 109. The van der Waals surface area contributed by atoms with Crippen molar-refractivity contribution in [1.29, 1.82) is 0 Å². The lowest BCUT2D eigenvalue weighted by atomic mass is 9.97. The van der Waals surface area contributed by atoms with Gasteiger partial charge in [0.25, 0.3) is 0 Å². The van der Waals surface area contributed by atoms with Crippen molar-refractivity contribution in [1.82, 2.24) is 0 Å². The topological polar surface area (TPSA) is 26.3 Å². The van der Waals surface area contributed by atoms with Crippen molar-refractivity contribution in [3.05, 3.63) is 630 Å². The van der Waals surface area contributed by atoms with Gasteiger partial charge in [0.2, 0.25) is 0 Å². The third-order valence-electron chi connectivity index (χ3n) is 24.7. The van der Waals surface area contributed by atoms with Crippen molar-refractivity contribution < 1.29 is 9.53 Å². The van der Waals surface area contributed by atoms with Crippen molar-refractivity contribution in [2.24, 2.45) is 0 Å². The van der Waals surface area contributed by atoms with E-state index in [2.05, 4.69) is 537 Å². The van der Waals surface area contributed by atoms with Gasteiger partial charge in [-0.3, -0.25) is 4.79 Å². The number of ether oxygens (including phenoxy) is 1. The molecule has 0 fully saturated rings. The zero-order valence-electron chi connectivity index (χ0n) is 88.8. The van der Waals surface area contributed by atoms with Crippen molar-refractivity contribution in [2.45, 2.75) is 141 Å². The van der Waals surface area contributed by atoms with Crippen LogP contribution in [0.15, 0.2) is 495 Å². The van der Waals surface area contributed by atoms with Crippen molar-refractivity contribution in [2.75, 3.05) is 0 Å². The van der Waals surface area contributed by atoms with Gasteiger partial charge in [-0.05, 0) is 282 Å². The van der Waals surface area contributed by atoms with E-state index >= 15 is 0 Å². The molecule has 0 unspecified atom stereocenters. The highest BCUT2D eigenvalue weighted by Crippen LogP contribution is 2.32. The lowest BCUT2D eigenvalue weighted by molar-refractivity contribution is 0.103. The minimum Gasteiger partial charge on any atom is -0.457 e. The molecule has 2 nitrogen and oxygen atoms in total. The van der Waals surface area contributed by atoms with Gasteiger partial charge < -0.3 is 4.74 Å². The van der Waals surface area contributed by atoms with Crippen LogP contribution in [0.5, 0.6) is 11.5 Å².